The highest BCUT2D eigenvalue weighted by Gasteiger charge is 2.31. The van der Waals surface area contributed by atoms with Crippen molar-refractivity contribution in [2.45, 2.75) is 37.5 Å². The fourth-order valence-electron chi connectivity index (χ4n) is 3.42. The van der Waals surface area contributed by atoms with E-state index in [2.05, 4.69) is 30.8 Å². The Labute approximate surface area is 171 Å². The second kappa shape index (κ2) is 8.41. The number of nitrogens with zero attached hydrogens (tertiary/aromatic N) is 5. The summed E-state index contributed by atoms with van der Waals surface area (Å²) in [4.78, 5) is 21.8. The molecule has 6 N–H and O–H groups in total. The maximum absolute atomic E-state index is 13.9. The fraction of sp³-hybridized carbons (Fsp3) is 0.316. The molecule has 3 aromatic rings. The predicted octanol–water partition coefficient (Wildman–Crippen LogP) is 1.53. The zero-order chi connectivity index (χ0) is 21.1. The van der Waals surface area contributed by atoms with Crippen LogP contribution in [0.2, 0.25) is 0 Å². The summed E-state index contributed by atoms with van der Waals surface area (Å²) in [6, 6.07) is 6.31. The number of primary amides is 1. The average molecular weight is 411 g/mol. The summed E-state index contributed by atoms with van der Waals surface area (Å²) >= 11 is 0. The highest BCUT2D eigenvalue weighted by atomic mass is 19.1. The number of rotatable bonds is 6. The molecule has 2 aromatic heterocycles. The quantitative estimate of drug-likeness (QED) is 0.477. The zero-order valence-electron chi connectivity index (χ0n) is 16.1. The van der Waals surface area contributed by atoms with E-state index in [-0.39, 0.29) is 23.4 Å². The van der Waals surface area contributed by atoms with E-state index in [0.29, 0.717) is 18.5 Å². The first kappa shape index (κ1) is 19.7. The van der Waals surface area contributed by atoms with Crippen molar-refractivity contribution in [3.8, 4) is 5.69 Å². The Morgan fingerprint density at radius 1 is 1.23 bits per heavy atom. The number of anilines is 3. The van der Waals surface area contributed by atoms with Gasteiger partial charge in [0.1, 0.15) is 17.6 Å². The molecule has 1 aliphatic rings. The number of alkyl halides is 1. The maximum Gasteiger partial charge on any atom is 0.254 e. The minimum atomic E-state index is -1.07. The van der Waals surface area contributed by atoms with Crippen molar-refractivity contribution in [3.63, 3.8) is 0 Å². The molecule has 2 heterocycles. The molecule has 0 radical (unpaired) electrons. The van der Waals surface area contributed by atoms with Gasteiger partial charge in [-0.3, -0.25) is 4.79 Å². The molecule has 0 saturated heterocycles. The first-order valence-electron chi connectivity index (χ1n) is 9.58. The minimum absolute atomic E-state index is 0.125. The molecule has 1 unspecified atom stereocenters. The van der Waals surface area contributed by atoms with Crippen LogP contribution in [-0.4, -0.2) is 49.1 Å². The molecular weight excluding hydrogens is 389 g/mol. The topological polar surface area (TPSA) is 150 Å². The van der Waals surface area contributed by atoms with Crippen molar-refractivity contribution < 1.29 is 9.18 Å². The van der Waals surface area contributed by atoms with Crippen LogP contribution in [0.3, 0.4) is 0 Å². The molecule has 0 aliphatic heterocycles. The van der Waals surface area contributed by atoms with Crippen molar-refractivity contribution in [3.05, 3.63) is 48.4 Å². The van der Waals surface area contributed by atoms with Crippen molar-refractivity contribution in [1.29, 1.82) is 0 Å². The Balaban J connectivity index is 1.59. The van der Waals surface area contributed by atoms with E-state index in [9.17, 15) is 9.18 Å². The van der Waals surface area contributed by atoms with Crippen molar-refractivity contribution in [2.24, 2.45) is 11.5 Å². The van der Waals surface area contributed by atoms with Gasteiger partial charge in [0.25, 0.3) is 5.91 Å². The maximum atomic E-state index is 13.9. The van der Waals surface area contributed by atoms with Gasteiger partial charge in [-0.15, -0.1) is 0 Å². The summed E-state index contributed by atoms with van der Waals surface area (Å²) in [5.41, 5.74) is 12.9. The van der Waals surface area contributed by atoms with E-state index in [1.54, 1.807) is 24.5 Å². The SMILES string of the molecule is NC(=O)c1cnc(N[C@@H]2CCCC(F)[C@@H]2N)nc1Nc1cccc(-n2nccn2)c1. The average Bonchev–Trinajstić information content (AvgIpc) is 3.27. The van der Waals surface area contributed by atoms with Gasteiger partial charge >= 0.3 is 0 Å². The molecule has 30 heavy (non-hydrogen) atoms. The third-order valence-corrected chi connectivity index (χ3v) is 5.00. The number of amides is 1. The van der Waals surface area contributed by atoms with Gasteiger partial charge in [-0.1, -0.05) is 6.07 Å². The number of nitrogens with one attached hydrogen (secondary N) is 2. The second-order valence-electron chi connectivity index (χ2n) is 7.09. The molecule has 1 saturated carbocycles. The molecule has 11 heteroatoms. The molecule has 4 rings (SSSR count). The zero-order valence-corrected chi connectivity index (χ0v) is 16.1. The lowest BCUT2D eigenvalue weighted by Crippen LogP contribution is -2.49. The minimum Gasteiger partial charge on any atom is -0.365 e. The van der Waals surface area contributed by atoms with Crippen molar-refractivity contribution in [1.82, 2.24) is 25.0 Å². The highest BCUT2D eigenvalue weighted by Crippen LogP contribution is 2.25. The number of hydrogen-bond donors (Lipinski definition) is 4. The molecule has 1 aliphatic carbocycles. The third-order valence-electron chi connectivity index (χ3n) is 5.00. The number of benzene rings is 1. The van der Waals surface area contributed by atoms with Crippen LogP contribution in [0.1, 0.15) is 29.6 Å². The molecule has 156 valence electrons. The standard InChI is InChI=1S/C19H22FN9O/c20-14-5-2-6-15(16(14)21)27-19-23-10-13(17(22)30)18(28-19)26-11-3-1-4-12(9-11)29-24-7-8-25-29/h1,3-4,7-10,14-16H,2,5-6,21H2,(H2,22,30)(H2,23,26,27,28)/t14?,15-,16+/m1/s1. The predicted molar refractivity (Wildman–Crippen MR) is 109 cm³/mol. The van der Waals surface area contributed by atoms with Crippen LogP contribution in [0.4, 0.5) is 21.8 Å². The summed E-state index contributed by atoms with van der Waals surface area (Å²) in [5, 5.41) is 14.4. The number of halogens is 1. The Morgan fingerprint density at radius 3 is 2.80 bits per heavy atom. The van der Waals surface area contributed by atoms with Crippen LogP contribution in [0, 0.1) is 0 Å². The summed E-state index contributed by atoms with van der Waals surface area (Å²) in [6.45, 7) is 0. The fourth-order valence-corrected chi connectivity index (χ4v) is 3.42. The Hall–Kier alpha value is -3.60. The Kier molecular flexibility index (Phi) is 5.53. The van der Waals surface area contributed by atoms with Gasteiger partial charge in [0.15, 0.2) is 0 Å². The van der Waals surface area contributed by atoms with Gasteiger partial charge in [0, 0.05) is 17.9 Å². The van der Waals surface area contributed by atoms with Crippen LogP contribution in [-0.2, 0) is 0 Å². The van der Waals surface area contributed by atoms with E-state index >= 15 is 0 Å². The monoisotopic (exact) mass is 411 g/mol. The summed E-state index contributed by atoms with van der Waals surface area (Å²) in [6.07, 6.45) is 5.31. The van der Waals surface area contributed by atoms with E-state index in [4.69, 9.17) is 11.5 Å². The van der Waals surface area contributed by atoms with E-state index in [1.807, 2.05) is 12.1 Å². The molecule has 1 aromatic carbocycles. The van der Waals surface area contributed by atoms with Crippen LogP contribution < -0.4 is 22.1 Å². The van der Waals surface area contributed by atoms with Crippen LogP contribution in [0.15, 0.2) is 42.9 Å². The Bertz CT molecular complexity index is 1030. The van der Waals surface area contributed by atoms with Gasteiger partial charge < -0.3 is 22.1 Å². The lowest BCUT2D eigenvalue weighted by Gasteiger charge is -2.32. The van der Waals surface area contributed by atoms with Crippen LogP contribution >= 0.6 is 0 Å². The Morgan fingerprint density at radius 2 is 2.03 bits per heavy atom. The smallest absolute Gasteiger partial charge is 0.254 e. The summed E-state index contributed by atoms with van der Waals surface area (Å²) < 4.78 is 13.9. The van der Waals surface area contributed by atoms with Crippen LogP contribution in [0.5, 0.6) is 0 Å². The van der Waals surface area contributed by atoms with Gasteiger partial charge in [-0.05, 0) is 37.5 Å². The lowest BCUT2D eigenvalue weighted by molar-refractivity contribution is 0.100. The first-order valence-corrected chi connectivity index (χ1v) is 9.58. The van der Waals surface area contributed by atoms with E-state index < -0.39 is 18.1 Å². The largest absolute Gasteiger partial charge is 0.365 e. The second-order valence-corrected chi connectivity index (χ2v) is 7.09. The number of carbonyl (C=O) groups is 1. The van der Waals surface area contributed by atoms with Gasteiger partial charge in [-0.2, -0.15) is 20.0 Å². The molecule has 3 atom stereocenters. The summed E-state index contributed by atoms with van der Waals surface area (Å²) in [5.74, 6) is -0.208. The van der Waals surface area contributed by atoms with Gasteiger partial charge in [-0.25, -0.2) is 9.37 Å². The number of nitrogens with two attached hydrogens (primary N) is 2. The first-order chi connectivity index (χ1) is 14.5. The third kappa shape index (κ3) is 4.20. The number of aromatic nitrogens is 5. The van der Waals surface area contributed by atoms with Gasteiger partial charge in [0.2, 0.25) is 5.95 Å². The highest BCUT2D eigenvalue weighted by molar-refractivity contribution is 5.98. The van der Waals surface area contributed by atoms with Crippen LogP contribution in [0.25, 0.3) is 5.69 Å². The molecule has 1 amide bonds. The number of carbonyl (C=O) groups excluding carboxylic acids is 1. The molecular formula is C19H22FN9O. The van der Waals surface area contributed by atoms with E-state index in [0.717, 1.165) is 12.1 Å². The van der Waals surface area contributed by atoms with Crippen molar-refractivity contribution in [2.75, 3.05) is 10.6 Å². The molecule has 0 spiro atoms. The summed E-state index contributed by atoms with van der Waals surface area (Å²) in [7, 11) is 0. The van der Waals surface area contributed by atoms with E-state index in [1.165, 1.54) is 11.0 Å². The lowest BCUT2D eigenvalue weighted by atomic mass is 9.89. The molecule has 1 fully saturated rings. The normalized spacial score (nSPS) is 21.2. The van der Waals surface area contributed by atoms with Gasteiger partial charge in [0.05, 0.1) is 24.1 Å². The number of hydrogen-bond acceptors (Lipinski definition) is 8. The molecule has 0 bridgehead atoms. The van der Waals surface area contributed by atoms with Crippen molar-refractivity contribution >= 4 is 23.4 Å². The molecule has 10 nitrogen and oxygen atoms in total.